The van der Waals surface area contributed by atoms with Gasteiger partial charge in [0.1, 0.15) is 5.75 Å². The van der Waals surface area contributed by atoms with Gasteiger partial charge in [-0.05, 0) is 24.1 Å². The molecule has 0 aliphatic heterocycles. The first-order chi connectivity index (χ1) is 8.29. The average molecular weight is 227 g/mol. The van der Waals surface area contributed by atoms with E-state index in [4.69, 9.17) is 0 Å². The molecule has 17 heavy (non-hydrogen) atoms. The zero-order chi connectivity index (χ0) is 12.1. The average Bonchev–Trinajstić information content (AvgIpc) is 2.37. The van der Waals surface area contributed by atoms with E-state index in [2.05, 4.69) is 24.4 Å². The van der Waals surface area contributed by atoms with Crippen LogP contribution in [0.3, 0.4) is 0 Å². The van der Waals surface area contributed by atoms with Gasteiger partial charge in [0.05, 0.1) is 6.04 Å². The molecule has 0 aromatic heterocycles. The number of phenolic OH excluding ortho intramolecular Hbond substituents is 1. The van der Waals surface area contributed by atoms with E-state index in [1.54, 1.807) is 12.1 Å². The molecule has 0 radical (unpaired) electrons. The summed E-state index contributed by atoms with van der Waals surface area (Å²) in [5, 5.41) is 12.9. The molecule has 0 amide bonds. The van der Waals surface area contributed by atoms with Gasteiger partial charge < -0.3 is 10.4 Å². The zero-order valence-electron chi connectivity index (χ0n) is 9.93. The summed E-state index contributed by atoms with van der Waals surface area (Å²) in [6, 6.07) is 17.8. The smallest absolute Gasteiger partial charge is 0.117 e. The van der Waals surface area contributed by atoms with Gasteiger partial charge in [-0.1, -0.05) is 43.3 Å². The lowest BCUT2D eigenvalue weighted by atomic mass is 10.0. The second-order valence-corrected chi connectivity index (χ2v) is 4.07. The minimum absolute atomic E-state index is 0.276. The third-order valence-electron chi connectivity index (χ3n) is 2.80. The lowest BCUT2D eigenvalue weighted by molar-refractivity contribution is 0.475. The van der Waals surface area contributed by atoms with Crippen LogP contribution < -0.4 is 5.32 Å². The third-order valence-corrected chi connectivity index (χ3v) is 2.80. The SMILES string of the molecule is CCC(Nc1cccc(O)c1)c1ccccc1. The zero-order valence-corrected chi connectivity index (χ0v) is 9.93. The van der Waals surface area contributed by atoms with E-state index in [-0.39, 0.29) is 11.8 Å². The maximum Gasteiger partial charge on any atom is 0.117 e. The molecule has 88 valence electrons. The standard InChI is InChI=1S/C15H17NO/c1-2-15(12-7-4-3-5-8-12)16-13-9-6-10-14(17)11-13/h3-11,15-17H,2H2,1H3. The topological polar surface area (TPSA) is 32.3 Å². The number of aromatic hydroxyl groups is 1. The highest BCUT2D eigenvalue weighted by molar-refractivity contribution is 5.49. The Balaban J connectivity index is 2.16. The summed E-state index contributed by atoms with van der Waals surface area (Å²) in [4.78, 5) is 0. The fraction of sp³-hybridized carbons (Fsp3) is 0.200. The molecule has 0 fully saturated rings. The summed E-state index contributed by atoms with van der Waals surface area (Å²) in [6.45, 7) is 2.15. The highest BCUT2D eigenvalue weighted by Gasteiger charge is 2.08. The number of benzene rings is 2. The molecule has 2 heteroatoms. The van der Waals surface area contributed by atoms with Gasteiger partial charge in [0.25, 0.3) is 0 Å². The van der Waals surface area contributed by atoms with Gasteiger partial charge in [0.15, 0.2) is 0 Å². The maximum absolute atomic E-state index is 9.43. The molecular formula is C15H17NO. The normalized spacial score (nSPS) is 12.1. The first-order valence-corrected chi connectivity index (χ1v) is 5.90. The van der Waals surface area contributed by atoms with Gasteiger partial charge >= 0.3 is 0 Å². The number of hydrogen-bond acceptors (Lipinski definition) is 2. The molecule has 2 aromatic rings. The number of anilines is 1. The highest BCUT2D eigenvalue weighted by atomic mass is 16.3. The van der Waals surface area contributed by atoms with E-state index in [0.717, 1.165) is 12.1 Å². The van der Waals surface area contributed by atoms with Crippen LogP contribution >= 0.6 is 0 Å². The van der Waals surface area contributed by atoms with Crippen LogP contribution in [0, 0.1) is 0 Å². The van der Waals surface area contributed by atoms with Crippen molar-refractivity contribution in [3.63, 3.8) is 0 Å². The van der Waals surface area contributed by atoms with Gasteiger partial charge in [-0.2, -0.15) is 0 Å². The van der Waals surface area contributed by atoms with E-state index in [9.17, 15) is 5.11 Å². The van der Waals surface area contributed by atoms with Gasteiger partial charge in [-0.25, -0.2) is 0 Å². The molecule has 0 aliphatic rings. The van der Waals surface area contributed by atoms with Crippen LogP contribution in [-0.4, -0.2) is 5.11 Å². The molecule has 2 aromatic carbocycles. The predicted molar refractivity (Wildman–Crippen MR) is 71.2 cm³/mol. The number of hydrogen-bond donors (Lipinski definition) is 2. The van der Waals surface area contributed by atoms with Gasteiger partial charge in [0.2, 0.25) is 0 Å². The fourth-order valence-electron chi connectivity index (χ4n) is 1.90. The van der Waals surface area contributed by atoms with E-state index >= 15 is 0 Å². The van der Waals surface area contributed by atoms with Crippen LogP contribution in [-0.2, 0) is 0 Å². The van der Waals surface area contributed by atoms with Crippen LogP contribution in [0.5, 0.6) is 5.75 Å². The molecule has 2 nitrogen and oxygen atoms in total. The summed E-state index contributed by atoms with van der Waals surface area (Å²) in [5.74, 6) is 0.290. The predicted octanol–water partition coefficient (Wildman–Crippen LogP) is 3.96. The quantitative estimate of drug-likeness (QED) is 0.828. The Hall–Kier alpha value is -1.96. The van der Waals surface area contributed by atoms with Crippen molar-refractivity contribution in [2.45, 2.75) is 19.4 Å². The highest BCUT2D eigenvalue weighted by Crippen LogP contribution is 2.24. The van der Waals surface area contributed by atoms with Crippen molar-refractivity contribution >= 4 is 5.69 Å². The Bertz CT molecular complexity index is 467. The van der Waals surface area contributed by atoms with E-state index in [1.807, 2.05) is 30.3 Å². The Kier molecular flexibility index (Phi) is 3.66. The summed E-state index contributed by atoms with van der Waals surface area (Å²) >= 11 is 0. The van der Waals surface area contributed by atoms with Crippen molar-refractivity contribution in [3.8, 4) is 5.75 Å². The van der Waals surface area contributed by atoms with Crippen molar-refractivity contribution in [1.29, 1.82) is 0 Å². The molecule has 0 aliphatic carbocycles. The summed E-state index contributed by atoms with van der Waals surface area (Å²) in [6.07, 6.45) is 1.000. The molecule has 0 spiro atoms. The summed E-state index contributed by atoms with van der Waals surface area (Å²) in [7, 11) is 0. The third kappa shape index (κ3) is 3.00. The van der Waals surface area contributed by atoms with Gasteiger partial charge in [-0.3, -0.25) is 0 Å². The molecule has 2 rings (SSSR count). The summed E-state index contributed by atoms with van der Waals surface area (Å²) in [5.41, 5.74) is 2.21. The Morgan fingerprint density at radius 1 is 1.06 bits per heavy atom. The van der Waals surface area contributed by atoms with Crippen LogP contribution in [0.2, 0.25) is 0 Å². The first kappa shape index (κ1) is 11.5. The van der Waals surface area contributed by atoms with Crippen LogP contribution in [0.25, 0.3) is 0 Å². The number of rotatable bonds is 4. The van der Waals surface area contributed by atoms with Crippen LogP contribution in [0.1, 0.15) is 24.9 Å². The molecule has 0 bridgehead atoms. The Labute approximate surface area is 102 Å². The van der Waals surface area contributed by atoms with E-state index in [0.29, 0.717) is 0 Å². The lowest BCUT2D eigenvalue weighted by Crippen LogP contribution is -2.09. The second kappa shape index (κ2) is 5.39. The largest absolute Gasteiger partial charge is 0.508 e. The van der Waals surface area contributed by atoms with Crippen molar-refractivity contribution in [3.05, 3.63) is 60.2 Å². The minimum atomic E-state index is 0.276. The monoisotopic (exact) mass is 227 g/mol. The van der Waals surface area contributed by atoms with E-state index in [1.165, 1.54) is 5.56 Å². The minimum Gasteiger partial charge on any atom is -0.508 e. The number of nitrogens with one attached hydrogen (secondary N) is 1. The second-order valence-electron chi connectivity index (χ2n) is 4.07. The maximum atomic E-state index is 9.43. The fourth-order valence-corrected chi connectivity index (χ4v) is 1.90. The Morgan fingerprint density at radius 2 is 1.82 bits per heavy atom. The molecule has 0 heterocycles. The lowest BCUT2D eigenvalue weighted by Gasteiger charge is -2.18. The molecular weight excluding hydrogens is 210 g/mol. The van der Waals surface area contributed by atoms with Gasteiger partial charge in [0, 0.05) is 11.8 Å². The van der Waals surface area contributed by atoms with Crippen molar-refractivity contribution in [2.75, 3.05) is 5.32 Å². The van der Waals surface area contributed by atoms with Crippen molar-refractivity contribution in [1.82, 2.24) is 0 Å². The van der Waals surface area contributed by atoms with E-state index < -0.39 is 0 Å². The summed E-state index contributed by atoms with van der Waals surface area (Å²) < 4.78 is 0. The van der Waals surface area contributed by atoms with Crippen LogP contribution in [0.15, 0.2) is 54.6 Å². The van der Waals surface area contributed by atoms with Crippen molar-refractivity contribution < 1.29 is 5.11 Å². The molecule has 1 atom stereocenters. The number of phenols is 1. The van der Waals surface area contributed by atoms with Crippen LogP contribution in [0.4, 0.5) is 5.69 Å². The molecule has 0 saturated carbocycles. The first-order valence-electron chi connectivity index (χ1n) is 5.90. The van der Waals surface area contributed by atoms with Crippen molar-refractivity contribution in [2.24, 2.45) is 0 Å². The van der Waals surface area contributed by atoms with Gasteiger partial charge in [-0.15, -0.1) is 0 Å². The molecule has 1 unspecified atom stereocenters. The molecule has 2 N–H and O–H groups in total. The molecule has 0 saturated heterocycles. The Morgan fingerprint density at radius 3 is 2.47 bits per heavy atom.